The smallest absolute Gasteiger partial charge is 0.233 e. The molecule has 0 unspecified atom stereocenters. The molecule has 1 heterocycles. The molecular weight excluding hydrogens is 188 g/mol. The lowest BCUT2D eigenvalue weighted by molar-refractivity contribution is 0.392. The van der Waals surface area contributed by atoms with Crippen LogP contribution >= 0.6 is 11.6 Å². The van der Waals surface area contributed by atoms with E-state index in [0.717, 1.165) is 12.1 Å². The topological polar surface area (TPSA) is 35.0 Å². The molecule has 1 rings (SSSR count). The molecule has 0 N–H and O–H groups in total. The summed E-state index contributed by atoms with van der Waals surface area (Å²) in [6.07, 6.45) is 4.69. The van der Waals surface area contributed by atoms with Gasteiger partial charge in [-0.1, -0.05) is 6.08 Å². The third-order valence-corrected chi connectivity index (χ3v) is 1.65. The van der Waals surface area contributed by atoms with E-state index in [2.05, 4.69) is 10.2 Å². The largest absolute Gasteiger partial charge is 0.480 e. The highest BCUT2D eigenvalue weighted by molar-refractivity contribution is 6.17. The number of methoxy groups -OCH3 is 1. The number of hydrogen-bond acceptors (Lipinski definition) is 3. The van der Waals surface area contributed by atoms with Crippen LogP contribution in [0.15, 0.2) is 18.2 Å². The fraction of sp³-hybridized carbons (Fsp3) is 0.333. The van der Waals surface area contributed by atoms with Gasteiger partial charge in [0, 0.05) is 11.9 Å². The zero-order valence-electron chi connectivity index (χ0n) is 7.40. The molecule has 0 bridgehead atoms. The first-order chi connectivity index (χ1) is 6.36. The van der Waals surface area contributed by atoms with Crippen LogP contribution in [0.3, 0.4) is 0 Å². The van der Waals surface area contributed by atoms with E-state index in [-0.39, 0.29) is 0 Å². The second-order valence-corrected chi connectivity index (χ2v) is 2.76. The van der Waals surface area contributed by atoms with Crippen molar-refractivity contribution in [3.8, 4) is 5.88 Å². The first-order valence-corrected chi connectivity index (χ1v) is 4.50. The Morgan fingerprint density at radius 1 is 1.46 bits per heavy atom. The fourth-order valence-corrected chi connectivity index (χ4v) is 0.921. The minimum Gasteiger partial charge on any atom is -0.480 e. The Morgan fingerprint density at radius 2 is 2.31 bits per heavy atom. The van der Waals surface area contributed by atoms with E-state index in [4.69, 9.17) is 16.3 Å². The van der Waals surface area contributed by atoms with Crippen molar-refractivity contribution in [1.29, 1.82) is 0 Å². The second-order valence-electron chi connectivity index (χ2n) is 2.38. The van der Waals surface area contributed by atoms with Crippen LogP contribution in [0.5, 0.6) is 5.88 Å². The van der Waals surface area contributed by atoms with E-state index in [1.165, 1.54) is 0 Å². The molecule has 0 aliphatic carbocycles. The molecule has 0 atom stereocenters. The molecule has 0 aromatic carbocycles. The van der Waals surface area contributed by atoms with Crippen LogP contribution in [0.4, 0.5) is 0 Å². The molecule has 3 nitrogen and oxygen atoms in total. The first-order valence-electron chi connectivity index (χ1n) is 3.97. The molecule has 0 aliphatic heterocycles. The van der Waals surface area contributed by atoms with Gasteiger partial charge in [0.05, 0.1) is 12.8 Å². The van der Waals surface area contributed by atoms with Crippen molar-refractivity contribution in [2.45, 2.75) is 6.42 Å². The maximum Gasteiger partial charge on any atom is 0.233 e. The minimum absolute atomic E-state index is 0.523. The van der Waals surface area contributed by atoms with Crippen LogP contribution in [-0.4, -0.2) is 23.2 Å². The summed E-state index contributed by atoms with van der Waals surface area (Å²) in [7, 11) is 1.56. The summed E-state index contributed by atoms with van der Waals surface area (Å²) in [4.78, 5) is 0. The van der Waals surface area contributed by atoms with Gasteiger partial charge in [-0.15, -0.1) is 21.8 Å². The summed E-state index contributed by atoms with van der Waals surface area (Å²) in [5, 5.41) is 7.74. The van der Waals surface area contributed by atoms with Crippen molar-refractivity contribution >= 4 is 17.7 Å². The minimum atomic E-state index is 0.523. The summed E-state index contributed by atoms with van der Waals surface area (Å²) in [6, 6.07) is 3.62. The van der Waals surface area contributed by atoms with Gasteiger partial charge in [-0.2, -0.15) is 0 Å². The Bertz CT molecular complexity index is 271. The number of nitrogens with zero attached hydrogens (tertiary/aromatic N) is 2. The average Bonchev–Trinajstić information content (AvgIpc) is 2.19. The van der Waals surface area contributed by atoms with Crippen LogP contribution in [0, 0.1) is 0 Å². The Labute approximate surface area is 82.4 Å². The normalized spacial score (nSPS) is 10.6. The van der Waals surface area contributed by atoms with Gasteiger partial charge in [-0.05, 0) is 18.6 Å². The number of halogens is 1. The third-order valence-electron chi connectivity index (χ3n) is 1.43. The van der Waals surface area contributed by atoms with Gasteiger partial charge in [-0.25, -0.2) is 0 Å². The number of aromatic nitrogens is 2. The highest BCUT2D eigenvalue weighted by atomic mass is 35.5. The van der Waals surface area contributed by atoms with E-state index < -0.39 is 0 Å². The summed E-state index contributed by atoms with van der Waals surface area (Å²) in [5.41, 5.74) is 0.811. The molecule has 0 radical (unpaired) electrons. The average molecular weight is 199 g/mol. The van der Waals surface area contributed by atoms with Crippen LogP contribution in [-0.2, 0) is 0 Å². The molecule has 0 amide bonds. The number of allylic oxidation sites excluding steroid dienone is 1. The number of alkyl halides is 1. The van der Waals surface area contributed by atoms with E-state index in [1.807, 2.05) is 18.2 Å². The molecule has 0 spiro atoms. The van der Waals surface area contributed by atoms with Gasteiger partial charge >= 0.3 is 0 Å². The van der Waals surface area contributed by atoms with Gasteiger partial charge < -0.3 is 4.74 Å². The monoisotopic (exact) mass is 198 g/mol. The lowest BCUT2D eigenvalue weighted by Gasteiger charge is -1.95. The molecule has 4 heteroatoms. The quantitative estimate of drug-likeness (QED) is 0.696. The zero-order chi connectivity index (χ0) is 9.52. The molecule has 0 saturated heterocycles. The van der Waals surface area contributed by atoms with Gasteiger partial charge in [0.1, 0.15) is 0 Å². The van der Waals surface area contributed by atoms with Crippen molar-refractivity contribution in [2.24, 2.45) is 0 Å². The Hall–Kier alpha value is -1.09. The van der Waals surface area contributed by atoms with Gasteiger partial charge in [0.2, 0.25) is 5.88 Å². The second kappa shape index (κ2) is 5.54. The highest BCUT2D eigenvalue weighted by Gasteiger charge is 1.92. The van der Waals surface area contributed by atoms with E-state index in [1.54, 1.807) is 13.2 Å². The first kappa shape index (κ1) is 9.99. The molecule has 0 saturated carbocycles. The Morgan fingerprint density at radius 3 is 2.85 bits per heavy atom. The predicted octanol–water partition coefficient (Wildman–Crippen LogP) is 2.13. The molecule has 13 heavy (non-hydrogen) atoms. The number of rotatable bonds is 4. The fourth-order valence-electron chi connectivity index (χ4n) is 0.795. The lowest BCUT2D eigenvalue weighted by atomic mass is 10.3. The molecule has 1 aromatic rings. The molecule has 0 fully saturated rings. The molecule has 1 aromatic heterocycles. The third kappa shape index (κ3) is 3.42. The van der Waals surface area contributed by atoms with Crippen molar-refractivity contribution < 1.29 is 4.74 Å². The standard InChI is InChI=1S/C9H11ClN2O/c1-13-9-6-5-8(11-12-9)4-2-3-7-10/h2,4-6H,3,7H2,1H3. The van der Waals surface area contributed by atoms with Gasteiger partial charge in [-0.3, -0.25) is 0 Å². The molecule has 70 valence electrons. The van der Waals surface area contributed by atoms with Crippen molar-refractivity contribution in [1.82, 2.24) is 10.2 Å². The SMILES string of the molecule is COc1ccc(C=CCCCl)nn1. The Kier molecular flexibility index (Phi) is 4.26. The van der Waals surface area contributed by atoms with E-state index in [0.29, 0.717) is 11.8 Å². The number of hydrogen-bond donors (Lipinski definition) is 0. The lowest BCUT2D eigenvalue weighted by Crippen LogP contribution is -1.91. The van der Waals surface area contributed by atoms with Crippen LogP contribution < -0.4 is 4.74 Å². The van der Waals surface area contributed by atoms with E-state index in [9.17, 15) is 0 Å². The van der Waals surface area contributed by atoms with Crippen LogP contribution in [0.1, 0.15) is 12.1 Å². The van der Waals surface area contributed by atoms with Crippen molar-refractivity contribution in [2.75, 3.05) is 13.0 Å². The maximum absolute atomic E-state index is 5.51. The summed E-state index contributed by atoms with van der Waals surface area (Å²) in [6.45, 7) is 0. The van der Waals surface area contributed by atoms with Crippen LogP contribution in [0.2, 0.25) is 0 Å². The summed E-state index contributed by atoms with van der Waals surface area (Å²) in [5.74, 6) is 1.15. The zero-order valence-corrected chi connectivity index (χ0v) is 8.16. The predicted molar refractivity (Wildman–Crippen MR) is 53.0 cm³/mol. The maximum atomic E-state index is 5.51. The molecule has 0 aliphatic rings. The molecular formula is C9H11ClN2O. The van der Waals surface area contributed by atoms with Crippen molar-refractivity contribution in [3.05, 3.63) is 23.9 Å². The van der Waals surface area contributed by atoms with Gasteiger partial charge in [0.15, 0.2) is 0 Å². The van der Waals surface area contributed by atoms with Crippen molar-refractivity contribution in [3.63, 3.8) is 0 Å². The highest BCUT2D eigenvalue weighted by Crippen LogP contribution is 2.05. The number of ether oxygens (including phenoxy) is 1. The summed E-state index contributed by atoms with van der Waals surface area (Å²) < 4.78 is 4.88. The summed E-state index contributed by atoms with van der Waals surface area (Å²) >= 11 is 5.51. The Balaban J connectivity index is 2.58. The van der Waals surface area contributed by atoms with E-state index >= 15 is 0 Å². The van der Waals surface area contributed by atoms with Crippen LogP contribution in [0.25, 0.3) is 6.08 Å². The van der Waals surface area contributed by atoms with Gasteiger partial charge in [0.25, 0.3) is 0 Å².